The van der Waals surface area contributed by atoms with Crippen molar-refractivity contribution in [3.05, 3.63) is 0 Å². The smallest absolute Gasteiger partial charge is 0.549 e. The van der Waals surface area contributed by atoms with Gasteiger partial charge in [0.05, 0.1) is 11.9 Å². The Bertz CT molecular complexity index is 142. The summed E-state index contributed by atoms with van der Waals surface area (Å²) in [5.74, 6) is -2.45. The normalized spacial score (nSPS) is 11.5. The Morgan fingerprint density at radius 2 is 1.92 bits per heavy atom. The number of carbonyl (C=O) groups is 2. The van der Waals surface area contributed by atoms with Crippen LogP contribution in [-0.2, 0) is 32.0 Å². The molecule has 0 saturated carbocycles. The van der Waals surface area contributed by atoms with Gasteiger partial charge in [-0.2, -0.15) is 0 Å². The maximum absolute atomic E-state index is 10.7. The first-order chi connectivity index (χ1) is 5.09. The van der Waals surface area contributed by atoms with E-state index >= 15 is 0 Å². The number of carboxylic acid groups (broad SMARTS) is 1. The molecule has 0 aliphatic heterocycles. The Kier molecular flexibility index (Phi) is 9.03. The summed E-state index contributed by atoms with van der Waals surface area (Å²) in [5, 5.41) is 10.3. The first kappa shape index (κ1) is 14.4. The van der Waals surface area contributed by atoms with Crippen molar-refractivity contribution in [3.63, 3.8) is 0 Å². The van der Waals surface area contributed by atoms with Gasteiger partial charge in [0.1, 0.15) is 5.78 Å². The molecule has 0 fully saturated rings. The first-order valence-corrected chi connectivity index (χ1v) is 3.81. The third-order valence-electron chi connectivity index (χ3n) is 1.62. The summed E-state index contributed by atoms with van der Waals surface area (Å²) in [6, 6.07) is 0. The van der Waals surface area contributed by atoms with Crippen molar-refractivity contribution in [1.82, 2.24) is 0 Å². The SMILES string of the molecule is CCCCC(C(C)=O)C(=O)[O-].[Ag+]. The topological polar surface area (TPSA) is 57.2 Å². The molecule has 0 aliphatic carbocycles. The van der Waals surface area contributed by atoms with Gasteiger partial charge in [0.2, 0.25) is 0 Å². The molecule has 0 aromatic rings. The Balaban J connectivity index is 0. The van der Waals surface area contributed by atoms with Crippen LogP contribution < -0.4 is 5.11 Å². The maximum Gasteiger partial charge on any atom is 1.00 e. The van der Waals surface area contributed by atoms with Crippen molar-refractivity contribution in [2.45, 2.75) is 33.1 Å². The minimum atomic E-state index is -1.24. The minimum absolute atomic E-state index is 0. The number of carboxylic acids is 1. The Hall–Kier alpha value is -0.120. The van der Waals surface area contributed by atoms with E-state index in [9.17, 15) is 14.7 Å². The summed E-state index contributed by atoms with van der Waals surface area (Å²) in [6.45, 7) is 3.24. The molecule has 74 valence electrons. The molecule has 0 saturated heterocycles. The maximum atomic E-state index is 10.7. The molecule has 4 heteroatoms. The summed E-state index contributed by atoms with van der Waals surface area (Å²) in [5.41, 5.74) is 0. The minimum Gasteiger partial charge on any atom is -0.549 e. The van der Waals surface area contributed by atoms with Crippen LogP contribution in [0.4, 0.5) is 0 Å². The zero-order valence-corrected chi connectivity index (χ0v) is 8.71. The van der Waals surface area contributed by atoms with Crippen molar-refractivity contribution in [2.24, 2.45) is 5.92 Å². The van der Waals surface area contributed by atoms with Crippen molar-refractivity contribution >= 4 is 11.8 Å². The number of rotatable bonds is 5. The average molecular weight is 265 g/mol. The van der Waals surface area contributed by atoms with Crippen LogP contribution in [0.3, 0.4) is 0 Å². The fourth-order valence-electron chi connectivity index (χ4n) is 0.895. The standard InChI is InChI=1S/C8H14O3.Ag/c1-3-4-5-7(6(2)9)8(10)11;/h7H,3-5H2,1-2H3,(H,10,11);/q;+1/p-1. The molecule has 0 heterocycles. The Morgan fingerprint density at radius 3 is 2.17 bits per heavy atom. The fourth-order valence-corrected chi connectivity index (χ4v) is 0.895. The molecule has 0 aromatic carbocycles. The molecule has 0 N–H and O–H groups in total. The van der Waals surface area contributed by atoms with Crippen LogP contribution in [0.1, 0.15) is 33.1 Å². The number of ketones is 1. The largest absolute Gasteiger partial charge is 1.00 e. The van der Waals surface area contributed by atoms with Crippen molar-refractivity contribution in [2.75, 3.05) is 0 Å². The summed E-state index contributed by atoms with van der Waals surface area (Å²) in [4.78, 5) is 21.0. The first-order valence-electron chi connectivity index (χ1n) is 3.81. The number of carbonyl (C=O) groups excluding carboxylic acids is 2. The number of hydrogen-bond donors (Lipinski definition) is 0. The van der Waals surface area contributed by atoms with Gasteiger partial charge < -0.3 is 9.90 Å². The third-order valence-corrected chi connectivity index (χ3v) is 1.62. The molecule has 0 bridgehead atoms. The van der Waals surface area contributed by atoms with Gasteiger partial charge >= 0.3 is 22.4 Å². The van der Waals surface area contributed by atoms with Crippen molar-refractivity contribution in [1.29, 1.82) is 0 Å². The number of aliphatic carboxylic acids is 1. The van der Waals surface area contributed by atoms with Crippen LogP contribution >= 0.6 is 0 Å². The van der Waals surface area contributed by atoms with Crippen LogP contribution in [0.25, 0.3) is 0 Å². The number of Topliss-reactive ketones (excluding diaryl/α,β-unsaturated/α-hetero) is 1. The van der Waals surface area contributed by atoms with Crippen molar-refractivity contribution < 1.29 is 37.1 Å². The van der Waals surface area contributed by atoms with Gasteiger partial charge in [-0.05, 0) is 13.3 Å². The molecule has 0 rings (SSSR count). The summed E-state index contributed by atoms with van der Waals surface area (Å²) in [7, 11) is 0. The number of unbranched alkanes of at least 4 members (excludes halogenated alkanes) is 1. The van der Waals surface area contributed by atoms with E-state index in [0.717, 1.165) is 12.8 Å². The van der Waals surface area contributed by atoms with Crippen molar-refractivity contribution in [3.8, 4) is 0 Å². The van der Waals surface area contributed by atoms with Crippen LogP contribution in [0.2, 0.25) is 0 Å². The Morgan fingerprint density at radius 1 is 1.42 bits per heavy atom. The average Bonchev–Trinajstić information content (AvgIpc) is 1.87. The summed E-state index contributed by atoms with van der Waals surface area (Å²) in [6.07, 6.45) is 2.07. The fraction of sp³-hybridized carbons (Fsp3) is 0.750. The molecule has 3 nitrogen and oxygen atoms in total. The van der Waals surface area contributed by atoms with E-state index in [0.29, 0.717) is 6.42 Å². The van der Waals surface area contributed by atoms with E-state index in [2.05, 4.69) is 0 Å². The molecular weight excluding hydrogens is 252 g/mol. The molecule has 1 atom stereocenters. The zero-order chi connectivity index (χ0) is 8.85. The molecule has 0 spiro atoms. The molecule has 0 aromatic heterocycles. The molecule has 1 unspecified atom stereocenters. The quantitative estimate of drug-likeness (QED) is 0.524. The second-order valence-electron chi connectivity index (χ2n) is 2.62. The molecule has 0 aliphatic rings. The van der Waals surface area contributed by atoms with E-state index in [1.807, 2.05) is 6.92 Å². The van der Waals surface area contributed by atoms with Crippen LogP contribution in [0, 0.1) is 5.92 Å². The third kappa shape index (κ3) is 5.52. The van der Waals surface area contributed by atoms with E-state index < -0.39 is 11.9 Å². The predicted molar refractivity (Wildman–Crippen MR) is 38.7 cm³/mol. The van der Waals surface area contributed by atoms with Gasteiger partial charge in [0, 0.05) is 0 Å². The number of hydrogen-bond acceptors (Lipinski definition) is 3. The Labute approximate surface area is 88.0 Å². The predicted octanol–water partition coefficient (Wildman–Crippen LogP) is 0.129. The van der Waals surface area contributed by atoms with Gasteiger partial charge in [-0.1, -0.05) is 19.8 Å². The van der Waals surface area contributed by atoms with Gasteiger partial charge in [-0.3, -0.25) is 4.79 Å². The van der Waals surface area contributed by atoms with E-state index in [1.54, 1.807) is 0 Å². The van der Waals surface area contributed by atoms with E-state index in [-0.39, 0.29) is 28.2 Å². The van der Waals surface area contributed by atoms with Gasteiger partial charge in [0.15, 0.2) is 0 Å². The monoisotopic (exact) mass is 264 g/mol. The molecular formula is C8H13AgO3. The van der Waals surface area contributed by atoms with Crippen LogP contribution in [0.5, 0.6) is 0 Å². The molecule has 12 heavy (non-hydrogen) atoms. The van der Waals surface area contributed by atoms with E-state index in [1.165, 1.54) is 6.92 Å². The molecule has 0 radical (unpaired) electrons. The zero-order valence-electron chi connectivity index (χ0n) is 7.22. The summed E-state index contributed by atoms with van der Waals surface area (Å²) < 4.78 is 0. The van der Waals surface area contributed by atoms with E-state index in [4.69, 9.17) is 0 Å². The van der Waals surface area contributed by atoms with Crippen LogP contribution in [-0.4, -0.2) is 11.8 Å². The van der Waals surface area contributed by atoms with Crippen LogP contribution in [0.15, 0.2) is 0 Å². The second-order valence-corrected chi connectivity index (χ2v) is 2.62. The van der Waals surface area contributed by atoms with Gasteiger partial charge in [0.25, 0.3) is 0 Å². The summed E-state index contributed by atoms with van der Waals surface area (Å²) >= 11 is 0. The van der Waals surface area contributed by atoms with Gasteiger partial charge in [-0.15, -0.1) is 0 Å². The van der Waals surface area contributed by atoms with Gasteiger partial charge in [-0.25, -0.2) is 0 Å². The second kappa shape index (κ2) is 7.53. The molecule has 0 amide bonds.